The third-order valence-electron chi connectivity index (χ3n) is 3.91. The van der Waals surface area contributed by atoms with Gasteiger partial charge in [0.05, 0.1) is 12.1 Å². The number of halogens is 1. The Bertz CT molecular complexity index is 647. The van der Waals surface area contributed by atoms with E-state index in [-0.39, 0.29) is 5.97 Å². The summed E-state index contributed by atoms with van der Waals surface area (Å²) in [5, 5.41) is 1.55. The van der Waals surface area contributed by atoms with Crippen molar-refractivity contribution in [3.05, 3.63) is 35.0 Å². The molecule has 0 saturated carbocycles. The molecule has 1 aromatic heterocycles. The first-order chi connectivity index (χ1) is 10.6. The van der Waals surface area contributed by atoms with Crippen molar-refractivity contribution in [3.63, 3.8) is 0 Å². The highest BCUT2D eigenvalue weighted by atomic mass is 35.5. The van der Waals surface area contributed by atoms with Crippen LogP contribution in [0.4, 0.5) is 0 Å². The van der Waals surface area contributed by atoms with E-state index in [1.165, 1.54) is 0 Å². The average molecular weight is 323 g/mol. The molecule has 0 fully saturated rings. The molecular weight excluding hydrogens is 300 g/mol. The van der Waals surface area contributed by atoms with Gasteiger partial charge in [-0.1, -0.05) is 31.5 Å². The predicted octanol–water partition coefficient (Wildman–Crippen LogP) is 3.81. The molecular formula is C17H23ClN2O2. The van der Waals surface area contributed by atoms with Crippen LogP contribution in [-0.4, -0.2) is 41.7 Å². The lowest BCUT2D eigenvalue weighted by molar-refractivity contribution is 0.0513. The summed E-state index contributed by atoms with van der Waals surface area (Å²) < 4.78 is 7.19. The highest BCUT2D eigenvalue weighted by Gasteiger charge is 2.18. The van der Waals surface area contributed by atoms with Crippen LogP contribution in [0.1, 0.15) is 31.3 Å². The van der Waals surface area contributed by atoms with Crippen LogP contribution in [0.25, 0.3) is 10.9 Å². The molecule has 0 amide bonds. The summed E-state index contributed by atoms with van der Waals surface area (Å²) in [6.07, 6.45) is 0. The van der Waals surface area contributed by atoms with Crippen molar-refractivity contribution in [3.8, 4) is 0 Å². The second-order valence-electron chi connectivity index (χ2n) is 5.10. The number of hydrogen-bond acceptors (Lipinski definition) is 3. The molecule has 1 aromatic carbocycles. The van der Waals surface area contributed by atoms with E-state index in [1.54, 1.807) is 0 Å². The van der Waals surface area contributed by atoms with Crippen molar-refractivity contribution in [2.24, 2.45) is 0 Å². The van der Waals surface area contributed by atoms with Crippen LogP contribution in [0.15, 0.2) is 24.3 Å². The van der Waals surface area contributed by atoms with Crippen molar-refractivity contribution in [2.45, 2.75) is 27.3 Å². The van der Waals surface area contributed by atoms with Gasteiger partial charge >= 0.3 is 5.97 Å². The Morgan fingerprint density at radius 3 is 2.64 bits per heavy atom. The van der Waals surface area contributed by atoms with Crippen molar-refractivity contribution in [1.29, 1.82) is 0 Å². The molecule has 2 rings (SSSR count). The number of carbonyl (C=O) groups excluding carboxylic acids is 1. The molecule has 0 aliphatic carbocycles. The number of ether oxygens (including phenoxy) is 1. The molecule has 0 N–H and O–H groups in total. The van der Waals surface area contributed by atoms with Gasteiger partial charge in [-0.15, -0.1) is 0 Å². The lowest BCUT2D eigenvalue weighted by atomic mass is 10.2. The van der Waals surface area contributed by atoms with Crippen LogP contribution in [0.3, 0.4) is 0 Å². The highest BCUT2D eigenvalue weighted by molar-refractivity contribution is 6.35. The fourth-order valence-electron chi connectivity index (χ4n) is 2.64. The first-order valence-corrected chi connectivity index (χ1v) is 8.17. The molecule has 22 heavy (non-hydrogen) atoms. The Balaban J connectivity index is 2.41. The van der Waals surface area contributed by atoms with E-state index in [0.29, 0.717) is 17.3 Å². The van der Waals surface area contributed by atoms with Gasteiger partial charge in [0.1, 0.15) is 5.69 Å². The lowest BCUT2D eigenvalue weighted by Crippen LogP contribution is -2.28. The van der Waals surface area contributed by atoms with Crippen LogP contribution >= 0.6 is 11.6 Å². The van der Waals surface area contributed by atoms with E-state index < -0.39 is 0 Å². The molecule has 120 valence electrons. The van der Waals surface area contributed by atoms with Crippen molar-refractivity contribution >= 4 is 28.5 Å². The molecule has 0 unspecified atom stereocenters. The van der Waals surface area contributed by atoms with E-state index in [2.05, 4.69) is 18.7 Å². The zero-order chi connectivity index (χ0) is 16.1. The topological polar surface area (TPSA) is 34.5 Å². The van der Waals surface area contributed by atoms with E-state index >= 15 is 0 Å². The molecule has 5 heteroatoms. The Kier molecular flexibility index (Phi) is 5.86. The number of rotatable bonds is 7. The van der Waals surface area contributed by atoms with Crippen LogP contribution in [0, 0.1) is 0 Å². The summed E-state index contributed by atoms with van der Waals surface area (Å²) in [5.74, 6) is -0.297. The SMILES string of the molecule is CCOC(=O)c1cc2c(Cl)cccc2n1CCN(CC)CC. The van der Waals surface area contributed by atoms with Gasteiger partial charge in [-0.25, -0.2) is 4.79 Å². The van der Waals surface area contributed by atoms with E-state index in [4.69, 9.17) is 16.3 Å². The van der Waals surface area contributed by atoms with Gasteiger partial charge in [-0.3, -0.25) is 0 Å². The minimum absolute atomic E-state index is 0.297. The van der Waals surface area contributed by atoms with Gasteiger partial charge < -0.3 is 14.2 Å². The van der Waals surface area contributed by atoms with Crippen molar-refractivity contribution < 1.29 is 9.53 Å². The minimum atomic E-state index is -0.297. The Labute approximate surface area is 136 Å². The fraction of sp³-hybridized carbons (Fsp3) is 0.471. The van der Waals surface area contributed by atoms with E-state index in [9.17, 15) is 4.79 Å². The third kappa shape index (κ3) is 3.45. The smallest absolute Gasteiger partial charge is 0.354 e. The van der Waals surface area contributed by atoms with Crippen LogP contribution in [0.5, 0.6) is 0 Å². The summed E-state index contributed by atoms with van der Waals surface area (Å²) in [6.45, 7) is 10.1. The molecule has 0 spiro atoms. The maximum absolute atomic E-state index is 12.2. The Hall–Kier alpha value is -1.52. The highest BCUT2D eigenvalue weighted by Crippen LogP contribution is 2.27. The van der Waals surface area contributed by atoms with Gasteiger partial charge in [-0.05, 0) is 38.2 Å². The molecule has 0 aliphatic rings. The Morgan fingerprint density at radius 1 is 1.27 bits per heavy atom. The van der Waals surface area contributed by atoms with Gasteiger partial charge in [-0.2, -0.15) is 0 Å². The second-order valence-corrected chi connectivity index (χ2v) is 5.51. The van der Waals surface area contributed by atoms with E-state index in [0.717, 1.165) is 37.1 Å². The summed E-state index contributed by atoms with van der Waals surface area (Å²) in [4.78, 5) is 14.6. The molecule has 4 nitrogen and oxygen atoms in total. The van der Waals surface area contributed by atoms with Crippen LogP contribution in [0.2, 0.25) is 5.02 Å². The van der Waals surface area contributed by atoms with Crippen LogP contribution < -0.4 is 0 Å². The molecule has 2 aromatic rings. The average Bonchev–Trinajstić information content (AvgIpc) is 2.89. The normalized spacial score (nSPS) is 11.3. The molecule has 0 atom stereocenters. The maximum atomic E-state index is 12.2. The fourth-order valence-corrected chi connectivity index (χ4v) is 2.87. The summed E-state index contributed by atoms with van der Waals surface area (Å²) in [7, 11) is 0. The van der Waals surface area contributed by atoms with Gasteiger partial charge in [0.15, 0.2) is 0 Å². The number of hydrogen-bond donors (Lipinski definition) is 0. The number of carbonyl (C=O) groups is 1. The van der Waals surface area contributed by atoms with E-state index in [1.807, 2.05) is 35.8 Å². The number of fused-ring (bicyclic) bond motifs is 1. The zero-order valence-electron chi connectivity index (χ0n) is 13.4. The molecule has 0 aliphatic heterocycles. The maximum Gasteiger partial charge on any atom is 0.354 e. The minimum Gasteiger partial charge on any atom is -0.461 e. The zero-order valence-corrected chi connectivity index (χ0v) is 14.2. The molecule has 0 saturated heterocycles. The number of aromatic nitrogens is 1. The van der Waals surface area contributed by atoms with Crippen molar-refractivity contribution in [1.82, 2.24) is 9.47 Å². The first-order valence-electron chi connectivity index (χ1n) is 7.79. The second kappa shape index (κ2) is 7.65. The summed E-state index contributed by atoms with van der Waals surface area (Å²) in [5.41, 5.74) is 1.54. The van der Waals surface area contributed by atoms with Crippen LogP contribution in [-0.2, 0) is 11.3 Å². The summed E-state index contributed by atoms with van der Waals surface area (Å²) >= 11 is 6.27. The first kappa shape index (κ1) is 16.8. The standard InChI is InChI=1S/C17H23ClN2O2/c1-4-19(5-2)10-11-20-15-9-7-8-14(18)13(15)12-16(20)17(21)22-6-3/h7-9,12H,4-6,10-11H2,1-3H3. The van der Waals surface area contributed by atoms with Gasteiger partial charge in [0, 0.05) is 23.5 Å². The lowest BCUT2D eigenvalue weighted by Gasteiger charge is -2.19. The largest absolute Gasteiger partial charge is 0.461 e. The number of nitrogens with zero attached hydrogens (tertiary/aromatic N) is 2. The van der Waals surface area contributed by atoms with Crippen molar-refractivity contribution in [2.75, 3.05) is 26.2 Å². The molecule has 0 radical (unpaired) electrons. The molecule has 1 heterocycles. The number of esters is 1. The third-order valence-corrected chi connectivity index (χ3v) is 4.24. The Morgan fingerprint density at radius 2 is 2.00 bits per heavy atom. The number of benzene rings is 1. The predicted molar refractivity (Wildman–Crippen MR) is 90.7 cm³/mol. The summed E-state index contributed by atoms with van der Waals surface area (Å²) in [6, 6.07) is 7.57. The monoisotopic (exact) mass is 322 g/mol. The van der Waals surface area contributed by atoms with Gasteiger partial charge in [0.2, 0.25) is 0 Å². The number of likely N-dealkylation sites (N-methyl/N-ethyl adjacent to an activating group) is 1. The van der Waals surface area contributed by atoms with Gasteiger partial charge in [0.25, 0.3) is 0 Å². The molecule has 0 bridgehead atoms. The quantitative estimate of drug-likeness (QED) is 0.727.